The topological polar surface area (TPSA) is 46.3 Å². The molecule has 0 unspecified atom stereocenters. The van der Waals surface area contributed by atoms with Crippen LogP contribution in [0, 0.1) is 5.41 Å². The Morgan fingerprint density at radius 1 is 1.64 bits per heavy atom. The molecule has 1 amide bonds. The van der Waals surface area contributed by atoms with Gasteiger partial charge in [0.05, 0.1) is 0 Å². The van der Waals surface area contributed by atoms with Crippen LogP contribution >= 0.6 is 0 Å². The number of carbonyl (C=O) groups excluding carboxylic acids is 1. The van der Waals surface area contributed by atoms with Crippen LogP contribution < -0.4 is 5.73 Å². The van der Waals surface area contributed by atoms with Crippen LogP contribution in [0.3, 0.4) is 0 Å². The molecule has 3 heteroatoms. The van der Waals surface area contributed by atoms with Crippen molar-refractivity contribution in [1.29, 1.82) is 0 Å². The van der Waals surface area contributed by atoms with Crippen molar-refractivity contribution in [2.45, 2.75) is 20.3 Å². The zero-order valence-corrected chi connectivity index (χ0v) is 7.26. The zero-order valence-electron chi connectivity index (χ0n) is 7.26. The Hall–Kier alpha value is -0.570. The maximum absolute atomic E-state index is 11.3. The van der Waals surface area contributed by atoms with Gasteiger partial charge < -0.3 is 10.6 Å². The van der Waals surface area contributed by atoms with Crippen molar-refractivity contribution in [2.24, 2.45) is 11.1 Å². The fourth-order valence-electron chi connectivity index (χ4n) is 1.54. The van der Waals surface area contributed by atoms with Gasteiger partial charge in [0.25, 0.3) is 0 Å². The molecule has 64 valence electrons. The van der Waals surface area contributed by atoms with E-state index in [1.165, 1.54) is 0 Å². The summed E-state index contributed by atoms with van der Waals surface area (Å²) in [5.74, 6) is 0.250. The van der Waals surface area contributed by atoms with Crippen molar-refractivity contribution in [2.75, 3.05) is 19.6 Å². The molecule has 2 N–H and O–H groups in total. The number of carbonyl (C=O) groups is 1. The molecule has 1 rings (SSSR count). The minimum atomic E-state index is 0.159. The third-order valence-electron chi connectivity index (χ3n) is 2.00. The van der Waals surface area contributed by atoms with E-state index in [1.54, 1.807) is 0 Å². The van der Waals surface area contributed by atoms with Crippen LogP contribution in [0.5, 0.6) is 0 Å². The average Bonchev–Trinajstić information content (AvgIpc) is 2.07. The summed E-state index contributed by atoms with van der Waals surface area (Å²) in [7, 11) is 0. The maximum atomic E-state index is 11.3. The second kappa shape index (κ2) is 2.81. The maximum Gasteiger partial charge on any atom is 0.223 e. The molecule has 0 saturated carbocycles. The van der Waals surface area contributed by atoms with Gasteiger partial charge in [0, 0.05) is 26.1 Å². The van der Waals surface area contributed by atoms with Gasteiger partial charge in [0.15, 0.2) is 0 Å². The highest BCUT2D eigenvalue weighted by Crippen LogP contribution is 2.29. The Labute approximate surface area is 67.5 Å². The van der Waals surface area contributed by atoms with Gasteiger partial charge in [-0.25, -0.2) is 0 Å². The van der Waals surface area contributed by atoms with Crippen molar-refractivity contribution in [1.82, 2.24) is 4.90 Å². The fourth-order valence-corrected chi connectivity index (χ4v) is 1.54. The Bertz CT molecular complexity index is 165. The molecule has 0 aliphatic carbocycles. The predicted molar refractivity (Wildman–Crippen MR) is 44.0 cm³/mol. The molecule has 1 aliphatic rings. The first kappa shape index (κ1) is 8.53. The van der Waals surface area contributed by atoms with Crippen molar-refractivity contribution < 1.29 is 4.79 Å². The highest BCUT2D eigenvalue weighted by molar-refractivity contribution is 5.79. The lowest BCUT2D eigenvalue weighted by atomic mass is 9.93. The number of hydrogen-bond donors (Lipinski definition) is 1. The second-order valence-electron chi connectivity index (χ2n) is 3.94. The molecule has 0 bridgehead atoms. The van der Waals surface area contributed by atoms with E-state index in [0.717, 1.165) is 6.54 Å². The van der Waals surface area contributed by atoms with Crippen molar-refractivity contribution in [3.8, 4) is 0 Å². The van der Waals surface area contributed by atoms with Crippen molar-refractivity contribution in [3.05, 3.63) is 0 Å². The van der Waals surface area contributed by atoms with E-state index in [4.69, 9.17) is 5.73 Å². The summed E-state index contributed by atoms with van der Waals surface area (Å²) in [6, 6.07) is 0. The van der Waals surface area contributed by atoms with Gasteiger partial charge in [-0.1, -0.05) is 13.8 Å². The quantitative estimate of drug-likeness (QED) is 0.621. The summed E-state index contributed by atoms with van der Waals surface area (Å²) in [5.41, 5.74) is 5.52. The molecule has 3 nitrogen and oxygen atoms in total. The van der Waals surface area contributed by atoms with Gasteiger partial charge >= 0.3 is 0 Å². The first-order valence-corrected chi connectivity index (χ1v) is 4.03. The standard InChI is InChI=1S/C8H16N2O/c1-8(2)5-7(11)10(6-8)4-3-9/h3-6,9H2,1-2H3. The molecule has 1 aliphatic heterocycles. The molecule has 0 radical (unpaired) electrons. The van der Waals surface area contributed by atoms with E-state index >= 15 is 0 Å². The lowest BCUT2D eigenvalue weighted by molar-refractivity contribution is -0.127. The number of rotatable bonds is 2. The number of hydrogen-bond acceptors (Lipinski definition) is 2. The molecular weight excluding hydrogens is 140 g/mol. The molecule has 1 saturated heterocycles. The van der Waals surface area contributed by atoms with Gasteiger partial charge in [0.1, 0.15) is 0 Å². The summed E-state index contributed by atoms with van der Waals surface area (Å²) in [4.78, 5) is 13.1. The van der Waals surface area contributed by atoms with Gasteiger partial charge in [-0.3, -0.25) is 4.79 Å². The summed E-state index contributed by atoms with van der Waals surface area (Å²) >= 11 is 0. The Balaban J connectivity index is 2.52. The molecule has 0 aromatic heterocycles. The fraction of sp³-hybridized carbons (Fsp3) is 0.875. The van der Waals surface area contributed by atoms with Crippen LogP contribution in [0.2, 0.25) is 0 Å². The zero-order chi connectivity index (χ0) is 8.48. The third-order valence-corrected chi connectivity index (χ3v) is 2.00. The smallest absolute Gasteiger partial charge is 0.223 e. The number of nitrogens with zero attached hydrogens (tertiary/aromatic N) is 1. The Morgan fingerprint density at radius 3 is 2.64 bits per heavy atom. The van der Waals surface area contributed by atoms with E-state index in [2.05, 4.69) is 13.8 Å². The van der Waals surface area contributed by atoms with E-state index < -0.39 is 0 Å². The summed E-state index contributed by atoms with van der Waals surface area (Å²) in [6.07, 6.45) is 0.674. The molecule has 11 heavy (non-hydrogen) atoms. The van der Waals surface area contributed by atoms with E-state index in [0.29, 0.717) is 19.5 Å². The van der Waals surface area contributed by atoms with Gasteiger partial charge in [0.2, 0.25) is 5.91 Å². The third kappa shape index (κ3) is 1.93. The second-order valence-corrected chi connectivity index (χ2v) is 3.94. The molecule has 1 heterocycles. The largest absolute Gasteiger partial charge is 0.341 e. The minimum Gasteiger partial charge on any atom is -0.341 e. The lowest BCUT2D eigenvalue weighted by Crippen LogP contribution is -2.31. The van der Waals surface area contributed by atoms with E-state index in [-0.39, 0.29) is 11.3 Å². The molecular formula is C8H16N2O. The highest BCUT2D eigenvalue weighted by atomic mass is 16.2. The minimum absolute atomic E-state index is 0.159. The molecule has 0 atom stereocenters. The van der Waals surface area contributed by atoms with Crippen LogP contribution in [0.1, 0.15) is 20.3 Å². The summed E-state index contributed by atoms with van der Waals surface area (Å²) in [6.45, 7) is 6.37. The van der Waals surface area contributed by atoms with Crippen LogP contribution in [-0.4, -0.2) is 30.4 Å². The van der Waals surface area contributed by atoms with Crippen LogP contribution in [0.4, 0.5) is 0 Å². The predicted octanol–water partition coefficient (Wildman–Crippen LogP) is 0.204. The van der Waals surface area contributed by atoms with Crippen LogP contribution in [0.15, 0.2) is 0 Å². The molecule has 0 spiro atoms. The molecule has 0 aromatic carbocycles. The summed E-state index contributed by atoms with van der Waals surface area (Å²) < 4.78 is 0. The van der Waals surface area contributed by atoms with Crippen LogP contribution in [-0.2, 0) is 4.79 Å². The number of likely N-dealkylation sites (tertiary alicyclic amines) is 1. The van der Waals surface area contributed by atoms with Crippen molar-refractivity contribution in [3.63, 3.8) is 0 Å². The number of amides is 1. The van der Waals surface area contributed by atoms with Crippen LogP contribution in [0.25, 0.3) is 0 Å². The lowest BCUT2D eigenvalue weighted by Gasteiger charge is -2.18. The first-order chi connectivity index (χ1) is 5.05. The Morgan fingerprint density at radius 2 is 2.27 bits per heavy atom. The van der Waals surface area contributed by atoms with Gasteiger partial charge in [-0.2, -0.15) is 0 Å². The SMILES string of the molecule is CC1(C)CC(=O)N(CCN)C1. The highest BCUT2D eigenvalue weighted by Gasteiger charge is 2.34. The van der Waals surface area contributed by atoms with Gasteiger partial charge in [-0.05, 0) is 5.41 Å². The van der Waals surface area contributed by atoms with E-state index in [9.17, 15) is 4.79 Å². The van der Waals surface area contributed by atoms with Gasteiger partial charge in [-0.15, -0.1) is 0 Å². The normalized spacial score (nSPS) is 22.8. The summed E-state index contributed by atoms with van der Waals surface area (Å²) in [5, 5.41) is 0. The molecule has 1 fully saturated rings. The van der Waals surface area contributed by atoms with Crippen molar-refractivity contribution >= 4 is 5.91 Å². The monoisotopic (exact) mass is 156 g/mol. The Kier molecular flexibility index (Phi) is 2.18. The number of nitrogens with two attached hydrogens (primary N) is 1. The van der Waals surface area contributed by atoms with E-state index in [1.807, 2.05) is 4.90 Å². The molecule has 0 aromatic rings. The first-order valence-electron chi connectivity index (χ1n) is 4.03. The average molecular weight is 156 g/mol.